The van der Waals surface area contributed by atoms with Gasteiger partial charge in [-0.15, -0.1) is 0 Å². The highest BCUT2D eigenvalue weighted by atomic mass is 35.5. The molecule has 0 unspecified atom stereocenters. The molecule has 2 fully saturated rings. The molecule has 0 radical (unpaired) electrons. The van der Waals surface area contributed by atoms with E-state index in [9.17, 15) is 35.2 Å². The molecule has 1 aromatic rings. The van der Waals surface area contributed by atoms with Crippen LogP contribution >= 0.6 is 11.6 Å². The molecule has 1 aromatic carbocycles. The maximum Gasteiger partial charge on any atom is 0.425 e. The van der Waals surface area contributed by atoms with Crippen molar-refractivity contribution >= 4 is 27.3 Å². The number of nitrogens with zero attached hydrogens (tertiary/aromatic N) is 1. The lowest BCUT2D eigenvalue weighted by molar-refractivity contribution is -0.189. The summed E-state index contributed by atoms with van der Waals surface area (Å²) in [4.78, 5) is 13.0. The van der Waals surface area contributed by atoms with Gasteiger partial charge < -0.3 is 9.64 Å². The van der Waals surface area contributed by atoms with E-state index in [1.807, 2.05) is 0 Å². The lowest BCUT2D eigenvalue weighted by atomic mass is 10.0. The molecule has 1 aliphatic carbocycles. The fraction of sp³-hybridized carbons (Fsp3) is 0.611. The van der Waals surface area contributed by atoms with Crippen molar-refractivity contribution in [2.45, 2.75) is 54.5 Å². The zero-order valence-electron chi connectivity index (χ0n) is 15.8. The third-order valence-electron chi connectivity index (χ3n) is 5.31. The summed E-state index contributed by atoms with van der Waals surface area (Å²) in [6.45, 7) is -0.519. The number of sulfone groups is 1. The number of benzene rings is 1. The molecule has 168 valence electrons. The molecule has 1 amide bonds. The van der Waals surface area contributed by atoms with Gasteiger partial charge in [-0.3, -0.25) is 4.79 Å². The number of carbonyl (C=O) groups excluding carboxylic acids is 1. The van der Waals surface area contributed by atoms with Crippen molar-refractivity contribution in [1.82, 2.24) is 4.90 Å². The van der Waals surface area contributed by atoms with Crippen molar-refractivity contribution in [3.05, 3.63) is 23.2 Å². The minimum atomic E-state index is -4.59. The van der Waals surface area contributed by atoms with Crippen LogP contribution < -0.4 is 4.74 Å². The Balaban J connectivity index is 1.69. The van der Waals surface area contributed by atoms with Gasteiger partial charge in [-0.05, 0) is 38.3 Å². The molecule has 3 atom stereocenters. The normalized spacial score (nSPS) is 25.0. The van der Waals surface area contributed by atoms with Crippen LogP contribution in [0.1, 0.15) is 26.2 Å². The minimum absolute atomic E-state index is 0.0249. The SMILES string of the molecule is C[C@H](Oc1ccc(S(=O)(=O)[C@@H]2CC[C@@H](C(=O)N3CC(F)(F)C3)C2)c(Cl)c1)C(F)(F)F. The lowest BCUT2D eigenvalue weighted by Gasteiger charge is -2.40. The molecule has 0 N–H and O–H groups in total. The number of carbonyl (C=O) groups is 1. The Labute approximate surface area is 175 Å². The van der Waals surface area contributed by atoms with Crippen molar-refractivity contribution in [3.8, 4) is 5.75 Å². The summed E-state index contributed by atoms with van der Waals surface area (Å²) in [5, 5.41) is -1.23. The number of likely N-dealkylation sites (tertiary alicyclic amines) is 1. The van der Waals surface area contributed by atoms with Gasteiger partial charge in [0.15, 0.2) is 15.9 Å². The fourth-order valence-electron chi connectivity index (χ4n) is 3.61. The van der Waals surface area contributed by atoms with Crippen LogP contribution in [0.5, 0.6) is 5.75 Å². The largest absolute Gasteiger partial charge is 0.481 e. The smallest absolute Gasteiger partial charge is 0.425 e. The Kier molecular flexibility index (Phi) is 6.00. The first kappa shape index (κ1) is 23.1. The van der Waals surface area contributed by atoms with Crippen LogP contribution in [0.2, 0.25) is 5.02 Å². The summed E-state index contributed by atoms with van der Waals surface area (Å²) in [6, 6.07) is 3.15. The summed E-state index contributed by atoms with van der Waals surface area (Å²) in [7, 11) is -3.98. The molecule has 1 aliphatic heterocycles. The molecule has 5 nitrogen and oxygen atoms in total. The maximum atomic E-state index is 13.0. The predicted octanol–water partition coefficient (Wildman–Crippen LogP) is 4.09. The van der Waals surface area contributed by atoms with Crippen molar-refractivity contribution in [1.29, 1.82) is 0 Å². The van der Waals surface area contributed by atoms with Crippen molar-refractivity contribution in [2.24, 2.45) is 5.92 Å². The second kappa shape index (κ2) is 7.81. The highest BCUT2D eigenvalue weighted by Crippen LogP contribution is 2.39. The Morgan fingerprint density at radius 3 is 2.43 bits per heavy atom. The highest BCUT2D eigenvalue weighted by Gasteiger charge is 2.49. The minimum Gasteiger partial charge on any atom is -0.481 e. The average molecular weight is 476 g/mol. The van der Waals surface area contributed by atoms with Crippen molar-refractivity contribution in [3.63, 3.8) is 0 Å². The van der Waals surface area contributed by atoms with Gasteiger partial charge in [0.25, 0.3) is 5.92 Å². The van der Waals surface area contributed by atoms with E-state index >= 15 is 0 Å². The molecule has 1 saturated carbocycles. The molecule has 1 heterocycles. The van der Waals surface area contributed by atoms with E-state index < -0.39 is 58.2 Å². The molecule has 0 spiro atoms. The third-order valence-corrected chi connectivity index (χ3v) is 8.01. The topological polar surface area (TPSA) is 63.7 Å². The Morgan fingerprint density at radius 2 is 1.90 bits per heavy atom. The number of alkyl halides is 5. The summed E-state index contributed by atoms with van der Waals surface area (Å²) in [5.74, 6) is -4.30. The first-order chi connectivity index (χ1) is 13.7. The van der Waals surface area contributed by atoms with Gasteiger partial charge in [0.1, 0.15) is 5.75 Å². The Hall–Kier alpha value is -1.62. The molecule has 30 heavy (non-hydrogen) atoms. The third kappa shape index (κ3) is 4.66. The predicted molar refractivity (Wildman–Crippen MR) is 97.4 cm³/mol. The van der Waals surface area contributed by atoms with E-state index in [0.717, 1.165) is 30.0 Å². The zero-order valence-corrected chi connectivity index (χ0v) is 17.3. The molecular weight excluding hydrogens is 457 g/mol. The van der Waals surface area contributed by atoms with E-state index in [0.29, 0.717) is 0 Å². The van der Waals surface area contributed by atoms with Crippen LogP contribution in [0, 0.1) is 5.92 Å². The van der Waals surface area contributed by atoms with Crippen LogP contribution in [-0.2, 0) is 14.6 Å². The van der Waals surface area contributed by atoms with Crippen LogP contribution in [0.25, 0.3) is 0 Å². The molecular formula is C18H19ClF5NO4S. The Morgan fingerprint density at radius 1 is 1.27 bits per heavy atom. The van der Waals surface area contributed by atoms with Crippen LogP contribution in [0.15, 0.2) is 23.1 Å². The number of halogens is 6. The molecule has 1 saturated heterocycles. The molecule has 3 rings (SSSR count). The number of amides is 1. The first-order valence-electron chi connectivity index (χ1n) is 9.14. The number of hydrogen-bond acceptors (Lipinski definition) is 4. The second-order valence-corrected chi connectivity index (χ2v) is 10.2. The van der Waals surface area contributed by atoms with Crippen molar-refractivity contribution < 1.29 is 39.9 Å². The van der Waals surface area contributed by atoms with E-state index in [1.54, 1.807) is 0 Å². The van der Waals surface area contributed by atoms with Gasteiger partial charge in [0.2, 0.25) is 5.91 Å². The molecule has 2 aliphatic rings. The van der Waals surface area contributed by atoms with E-state index in [2.05, 4.69) is 0 Å². The quantitative estimate of drug-likeness (QED) is 0.602. The van der Waals surface area contributed by atoms with Gasteiger partial charge in [-0.2, -0.15) is 13.2 Å². The van der Waals surface area contributed by atoms with Gasteiger partial charge in [-0.1, -0.05) is 11.6 Å². The van der Waals surface area contributed by atoms with Crippen molar-refractivity contribution in [2.75, 3.05) is 13.1 Å². The highest BCUT2D eigenvalue weighted by molar-refractivity contribution is 7.92. The zero-order chi connectivity index (χ0) is 22.5. The second-order valence-electron chi connectivity index (χ2n) is 7.62. The van der Waals surface area contributed by atoms with Gasteiger partial charge in [0, 0.05) is 12.0 Å². The molecule has 0 bridgehead atoms. The van der Waals surface area contributed by atoms with Crippen LogP contribution in [-0.4, -0.2) is 55.8 Å². The number of hydrogen-bond donors (Lipinski definition) is 0. The lowest BCUT2D eigenvalue weighted by Crippen LogP contribution is -2.59. The van der Waals surface area contributed by atoms with E-state index in [-0.39, 0.29) is 34.9 Å². The van der Waals surface area contributed by atoms with Crippen LogP contribution in [0.4, 0.5) is 22.0 Å². The van der Waals surface area contributed by atoms with E-state index in [4.69, 9.17) is 16.3 Å². The number of ether oxygens (including phenoxy) is 1. The van der Waals surface area contributed by atoms with Gasteiger partial charge in [-0.25, -0.2) is 17.2 Å². The average Bonchev–Trinajstić information content (AvgIpc) is 3.09. The van der Waals surface area contributed by atoms with Gasteiger partial charge in [0.05, 0.1) is 28.3 Å². The van der Waals surface area contributed by atoms with Crippen LogP contribution in [0.3, 0.4) is 0 Å². The first-order valence-corrected chi connectivity index (χ1v) is 11.1. The summed E-state index contributed by atoms with van der Waals surface area (Å²) >= 11 is 6.00. The molecule has 12 heteroatoms. The Bertz CT molecular complexity index is 929. The van der Waals surface area contributed by atoms with Gasteiger partial charge >= 0.3 is 6.18 Å². The molecule has 0 aromatic heterocycles. The maximum absolute atomic E-state index is 13.0. The monoisotopic (exact) mass is 475 g/mol. The summed E-state index contributed by atoms with van der Waals surface area (Å²) in [6.07, 6.45) is -6.33. The van der Waals surface area contributed by atoms with E-state index in [1.165, 1.54) is 0 Å². The standard InChI is InChI=1S/C18H19ClF5NO4S/c1-10(18(22,23)24)29-12-3-5-15(14(19)7-12)30(27,28)13-4-2-11(6-13)16(26)25-8-17(20,21)9-25/h3,5,7,10-11,13H,2,4,6,8-9H2,1H3/t10-,11+,13+/m0/s1. The fourth-order valence-corrected chi connectivity index (χ4v) is 5.98. The summed E-state index contributed by atoms with van der Waals surface area (Å²) < 4.78 is 94.4. The number of rotatable bonds is 5. The summed E-state index contributed by atoms with van der Waals surface area (Å²) in [5.41, 5.74) is 0.